The summed E-state index contributed by atoms with van der Waals surface area (Å²) in [6.07, 6.45) is 4.94. The summed E-state index contributed by atoms with van der Waals surface area (Å²) >= 11 is 1.90. The van der Waals surface area contributed by atoms with Gasteiger partial charge in [0.25, 0.3) is 0 Å². The summed E-state index contributed by atoms with van der Waals surface area (Å²) < 4.78 is 0. The molecule has 0 aliphatic heterocycles. The molecule has 3 unspecified atom stereocenters. The van der Waals surface area contributed by atoms with Gasteiger partial charge in [0.15, 0.2) is 0 Å². The van der Waals surface area contributed by atoms with Crippen molar-refractivity contribution < 1.29 is 0 Å². The molecule has 3 atom stereocenters. The molecule has 1 saturated carbocycles. The van der Waals surface area contributed by atoms with E-state index in [1.807, 2.05) is 11.3 Å². The van der Waals surface area contributed by atoms with Crippen molar-refractivity contribution in [1.29, 1.82) is 0 Å². The van der Waals surface area contributed by atoms with Crippen molar-refractivity contribution in [3.05, 3.63) is 15.6 Å². The summed E-state index contributed by atoms with van der Waals surface area (Å²) in [5.41, 5.74) is 1.40. The number of hydrogen-bond donors (Lipinski definition) is 1. The standard InChI is InChI=1S/C15H26N2S/c1-6-13-12(4)18-14(17-13)15(16-5)9-10(2)7-8-11(15)3/h10-11,16H,6-9H2,1-5H3. The summed E-state index contributed by atoms with van der Waals surface area (Å²) in [5, 5.41) is 4.94. The van der Waals surface area contributed by atoms with Crippen LogP contribution in [0.15, 0.2) is 0 Å². The molecule has 0 bridgehead atoms. The molecule has 1 heterocycles. The number of aryl methyl sites for hydroxylation is 2. The predicted molar refractivity (Wildman–Crippen MR) is 79.1 cm³/mol. The summed E-state index contributed by atoms with van der Waals surface area (Å²) in [4.78, 5) is 6.33. The van der Waals surface area contributed by atoms with Crippen LogP contribution in [0.2, 0.25) is 0 Å². The lowest BCUT2D eigenvalue weighted by molar-refractivity contribution is 0.127. The molecule has 0 amide bonds. The first-order chi connectivity index (χ1) is 8.53. The molecular weight excluding hydrogens is 240 g/mol. The van der Waals surface area contributed by atoms with Gasteiger partial charge in [-0.25, -0.2) is 4.98 Å². The van der Waals surface area contributed by atoms with Crippen LogP contribution in [0.25, 0.3) is 0 Å². The highest BCUT2D eigenvalue weighted by molar-refractivity contribution is 7.11. The molecule has 1 fully saturated rings. The van der Waals surface area contributed by atoms with E-state index < -0.39 is 0 Å². The maximum absolute atomic E-state index is 4.94. The Labute approximate surface area is 115 Å². The zero-order valence-electron chi connectivity index (χ0n) is 12.3. The quantitative estimate of drug-likeness (QED) is 0.898. The lowest BCUT2D eigenvalue weighted by atomic mass is 9.70. The second kappa shape index (κ2) is 5.30. The van der Waals surface area contributed by atoms with Crippen LogP contribution in [-0.2, 0) is 12.0 Å². The van der Waals surface area contributed by atoms with Crippen LogP contribution in [0.1, 0.15) is 55.6 Å². The third kappa shape index (κ3) is 2.23. The first kappa shape index (κ1) is 14.0. The topological polar surface area (TPSA) is 24.9 Å². The van der Waals surface area contributed by atoms with E-state index in [2.05, 4.69) is 40.1 Å². The van der Waals surface area contributed by atoms with Crippen LogP contribution in [0.5, 0.6) is 0 Å². The van der Waals surface area contributed by atoms with Crippen molar-refractivity contribution in [1.82, 2.24) is 10.3 Å². The van der Waals surface area contributed by atoms with Crippen molar-refractivity contribution in [2.24, 2.45) is 11.8 Å². The number of nitrogens with zero attached hydrogens (tertiary/aromatic N) is 1. The highest BCUT2D eigenvalue weighted by atomic mass is 32.1. The molecule has 3 heteroatoms. The zero-order valence-corrected chi connectivity index (χ0v) is 13.2. The molecule has 1 aliphatic carbocycles. The second-order valence-electron chi connectivity index (χ2n) is 5.88. The minimum Gasteiger partial charge on any atom is -0.308 e. The van der Waals surface area contributed by atoms with E-state index in [9.17, 15) is 0 Å². The molecule has 18 heavy (non-hydrogen) atoms. The Bertz CT molecular complexity index is 413. The van der Waals surface area contributed by atoms with Gasteiger partial charge < -0.3 is 5.32 Å². The summed E-state index contributed by atoms with van der Waals surface area (Å²) in [7, 11) is 2.11. The van der Waals surface area contributed by atoms with Crippen LogP contribution < -0.4 is 5.32 Å². The average molecular weight is 266 g/mol. The van der Waals surface area contributed by atoms with Crippen LogP contribution >= 0.6 is 11.3 Å². The Hall–Kier alpha value is -0.410. The molecule has 0 radical (unpaired) electrons. The average Bonchev–Trinajstić information content (AvgIpc) is 2.74. The number of rotatable bonds is 3. The molecular formula is C15H26N2S. The smallest absolute Gasteiger partial charge is 0.114 e. The van der Waals surface area contributed by atoms with Gasteiger partial charge in [-0.3, -0.25) is 0 Å². The van der Waals surface area contributed by atoms with E-state index in [4.69, 9.17) is 4.98 Å². The van der Waals surface area contributed by atoms with Gasteiger partial charge in [-0.1, -0.05) is 27.2 Å². The van der Waals surface area contributed by atoms with Crippen LogP contribution in [0.3, 0.4) is 0 Å². The monoisotopic (exact) mass is 266 g/mol. The molecule has 102 valence electrons. The van der Waals surface area contributed by atoms with Crippen molar-refractivity contribution in [2.75, 3.05) is 7.05 Å². The minimum atomic E-state index is 0.112. The molecule has 0 aromatic carbocycles. The summed E-state index contributed by atoms with van der Waals surface area (Å²) in [6, 6.07) is 0. The molecule has 1 aromatic heterocycles. The summed E-state index contributed by atoms with van der Waals surface area (Å²) in [6.45, 7) is 9.16. The highest BCUT2D eigenvalue weighted by Crippen LogP contribution is 2.45. The molecule has 1 aromatic rings. The largest absolute Gasteiger partial charge is 0.308 e. The van der Waals surface area contributed by atoms with Crippen molar-refractivity contribution >= 4 is 11.3 Å². The Balaban J connectivity index is 2.41. The van der Waals surface area contributed by atoms with Gasteiger partial charge in [-0.2, -0.15) is 0 Å². The Kier molecular flexibility index (Phi) is 4.12. The van der Waals surface area contributed by atoms with Crippen molar-refractivity contribution in [2.45, 2.75) is 58.9 Å². The van der Waals surface area contributed by atoms with Gasteiger partial charge in [-0.15, -0.1) is 11.3 Å². The zero-order chi connectivity index (χ0) is 13.3. The first-order valence-corrected chi connectivity index (χ1v) is 8.00. The Morgan fingerprint density at radius 3 is 2.67 bits per heavy atom. The van der Waals surface area contributed by atoms with Gasteiger partial charge >= 0.3 is 0 Å². The second-order valence-corrected chi connectivity index (χ2v) is 7.09. The van der Waals surface area contributed by atoms with Crippen LogP contribution in [-0.4, -0.2) is 12.0 Å². The fourth-order valence-electron chi connectivity index (χ4n) is 3.33. The van der Waals surface area contributed by atoms with Crippen LogP contribution in [0.4, 0.5) is 0 Å². The Morgan fingerprint density at radius 1 is 1.39 bits per heavy atom. The normalized spacial score (nSPS) is 32.7. The molecule has 1 N–H and O–H groups in total. The van der Waals surface area contributed by atoms with Gasteiger partial charge in [0.05, 0.1) is 11.2 Å². The maximum Gasteiger partial charge on any atom is 0.114 e. The van der Waals surface area contributed by atoms with Crippen LogP contribution in [0, 0.1) is 18.8 Å². The number of thiazole rings is 1. The van der Waals surface area contributed by atoms with Gasteiger partial charge in [0.2, 0.25) is 0 Å². The third-order valence-electron chi connectivity index (χ3n) is 4.66. The van der Waals surface area contributed by atoms with E-state index in [1.54, 1.807) is 0 Å². The fraction of sp³-hybridized carbons (Fsp3) is 0.800. The maximum atomic E-state index is 4.94. The molecule has 0 spiro atoms. The van der Waals surface area contributed by atoms with E-state index >= 15 is 0 Å². The van der Waals surface area contributed by atoms with E-state index in [0.717, 1.165) is 12.3 Å². The van der Waals surface area contributed by atoms with E-state index in [0.29, 0.717) is 5.92 Å². The Morgan fingerprint density at radius 2 is 2.11 bits per heavy atom. The fourth-order valence-corrected chi connectivity index (χ4v) is 4.66. The third-order valence-corrected chi connectivity index (χ3v) is 5.85. The van der Waals surface area contributed by atoms with Gasteiger partial charge in [-0.05, 0) is 45.1 Å². The lowest BCUT2D eigenvalue weighted by Crippen LogP contribution is -2.49. The lowest BCUT2D eigenvalue weighted by Gasteiger charge is -2.43. The minimum absolute atomic E-state index is 0.112. The molecule has 0 saturated heterocycles. The van der Waals surface area contributed by atoms with Crippen molar-refractivity contribution in [3.63, 3.8) is 0 Å². The number of nitrogens with one attached hydrogen (secondary N) is 1. The number of hydrogen-bond acceptors (Lipinski definition) is 3. The highest BCUT2D eigenvalue weighted by Gasteiger charge is 2.43. The first-order valence-electron chi connectivity index (χ1n) is 7.19. The number of aromatic nitrogens is 1. The molecule has 1 aliphatic rings. The predicted octanol–water partition coefficient (Wildman–Crippen LogP) is 3.88. The SMILES string of the molecule is CCc1nc(C2(NC)CC(C)CCC2C)sc1C. The van der Waals surface area contributed by atoms with E-state index in [-0.39, 0.29) is 5.54 Å². The van der Waals surface area contributed by atoms with Gasteiger partial charge in [0, 0.05) is 4.88 Å². The van der Waals surface area contributed by atoms with Crippen molar-refractivity contribution in [3.8, 4) is 0 Å². The molecule has 2 nitrogen and oxygen atoms in total. The van der Waals surface area contributed by atoms with Gasteiger partial charge in [0.1, 0.15) is 5.01 Å². The van der Waals surface area contributed by atoms with E-state index in [1.165, 1.54) is 34.8 Å². The molecule has 2 rings (SSSR count). The summed E-state index contributed by atoms with van der Waals surface area (Å²) in [5.74, 6) is 1.47.